The van der Waals surface area contributed by atoms with Gasteiger partial charge in [-0.3, -0.25) is 4.90 Å². The summed E-state index contributed by atoms with van der Waals surface area (Å²) in [5, 5.41) is 18.4. The highest BCUT2D eigenvalue weighted by molar-refractivity contribution is 5.80. The van der Waals surface area contributed by atoms with Gasteiger partial charge in [-0.25, -0.2) is 9.59 Å². The fourth-order valence-electron chi connectivity index (χ4n) is 1.79. The number of rotatable bonds is 9. The van der Waals surface area contributed by atoms with Crippen LogP contribution in [0.1, 0.15) is 19.4 Å². The first-order chi connectivity index (χ1) is 11.3. The van der Waals surface area contributed by atoms with Crippen LogP contribution >= 0.6 is 0 Å². The first kappa shape index (κ1) is 19.9. The minimum Gasteiger partial charge on any atom is -0.480 e. The van der Waals surface area contributed by atoms with Crippen molar-refractivity contribution in [2.24, 2.45) is 5.41 Å². The Labute approximate surface area is 141 Å². The third-order valence-corrected chi connectivity index (χ3v) is 3.44. The van der Waals surface area contributed by atoms with Crippen molar-refractivity contribution in [2.75, 3.05) is 26.9 Å². The van der Waals surface area contributed by atoms with Crippen LogP contribution in [-0.2, 0) is 20.9 Å². The van der Waals surface area contributed by atoms with Crippen LogP contribution in [0.5, 0.6) is 0 Å². The van der Waals surface area contributed by atoms with E-state index in [9.17, 15) is 14.7 Å². The molecule has 0 aliphatic carbocycles. The lowest BCUT2D eigenvalue weighted by molar-refractivity contribution is -0.145. The van der Waals surface area contributed by atoms with Crippen molar-refractivity contribution < 1.29 is 29.3 Å². The van der Waals surface area contributed by atoms with Gasteiger partial charge in [0.25, 0.3) is 0 Å². The summed E-state index contributed by atoms with van der Waals surface area (Å²) in [4.78, 5) is 24.4. The lowest BCUT2D eigenvalue weighted by Crippen LogP contribution is -2.46. The molecule has 0 saturated carbocycles. The summed E-state index contributed by atoms with van der Waals surface area (Å²) in [6.07, 6.45) is -0.740. The van der Waals surface area contributed by atoms with Crippen molar-refractivity contribution in [3.63, 3.8) is 0 Å². The number of carboxylic acid groups (broad SMARTS) is 1. The van der Waals surface area contributed by atoms with Crippen molar-refractivity contribution in [3.8, 4) is 0 Å². The number of hydrogen-bond donors (Lipinski definition) is 2. The van der Waals surface area contributed by atoms with Gasteiger partial charge in [-0.1, -0.05) is 44.2 Å². The third-order valence-electron chi connectivity index (χ3n) is 3.44. The SMILES string of the molecule is CN(C(=O)OCc1ccccc1)C(COCC(C)(C)CO)C(=O)O. The monoisotopic (exact) mass is 339 g/mol. The van der Waals surface area contributed by atoms with Crippen LogP contribution in [0, 0.1) is 5.41 Å². The molecule has 0 aliphatic heterocycles. The quantitative estimate of drug-likeness (QED) is 0.711. The number of aliphatic carboxylic acids is 1. The number of carbonyl (C=O) groups is 2. The number of amides is 1. The van der Waals surface area contributed by atoms with Crippen LogP contribution in [0.2, 0.25) is 0 Å². The zero-order chi connectivity index (χ0) is 18.2. The highest BCUT2D eigenvalue weighted by Crippen LogP contribution is 2.14. The van der Waals surface area contributed by atoms with Gasteiger partial charge in [0.1, 0.15) is 6.61 Å². The zero-order valence-electron chi connectivity index (χ0n) is 14.3. The number of likely N-dealkylation sites (N-methyl/N-ethyl adjacent to an activating group) is 1. The summed E-state index contributed by atoms with van der Waals surface area (Å²) in [7, 11) is 1.35. The van der Waals surface area contributed by atoms with Gasteiger partial charge in [0, 0.05) is 12.5 Å². The van der Waals surface area contributed by atoms with Gasteiger partial charge in [0.05, 0.1) is 19.8 Å². The molecule has 24 heavy (non-hydrogen) atoms. The van der Waals surface area contributed by atoms with E-state index in [-0.39, 0.29) is 26.4 Å². The number of carbonyl (C=O) groups excluding carboxylic acids is 1. The summed E-state index contributed by atoms with van der Waals surface area (Å²) < 4.78 is 10.5. The molecule has 0 saturated heterocycles. The number of aliphatic hydroxyl groups excluding tert-OH is 1. The van der Waals surface area contributed by atoms with E-state index >= 15 is 0 Å². The van der Waals surface area contributed by atoms with Crippen LogP contribution in [0.25, 0.3) is 0 Å². The summed E-state index contributed by atoms with van der Waals surface area (Å²) in [5.41, 5.74) is 0.335. The summed E-state index contributed by atoms with van der Waals surface area (Å²) >= 11 is 0. The molecule has 7 nitrogen and oxygen atoms in total. The number of nitrogens with zero attached hydrogens (tertiary/aromatic N) is 1. The Bertz CT molecular complexity index is 531. The van der Waals surface area contributed by atoms with Gasteiger partial charge < -0.3 is 19.7 Å². The van der Waals surface area contributed by atoms with Crippen molar-refractivity contribution in [1.82, 2.24) is 4.90 Å². The summed E-state index contributed by atoms with van der Waals surface area (Å²) in [5.74, 6) is -1.18. The van der Waals surface area contributed by atoms with E-state index in [1.54, 1.807) is 13.8 Å². The topological polar surface area (TPSA) is 96.3 Å². The lowest BCUT2D eigenvalue weighted by atomic mass is 9.97. The van der Waals surface area contributed by atoms with Crippen LogP contribution in [-0.4, -0.2) is 60.1 Å². The van der Waals surface area contributed by atoms with E-state index in [0.717, 1.165) is 10.5 Å². The molecule has 1 amide bonds. The Kier molecular flexibility index (Phi) is 7.67. The van der Waals surface area contributed by atoms with Crippen molar-refractivity contribution in [1.29, 1.82) is 0 Å². The van der Waals surface area contributed by atoms with Crippen molar-refractivity contribution in [2.45, 2.75) is 26.5 Å². The maximum absolute atomic E-state index is 12.0. The molecule has 0 radical (unpaired) electrons. The van der Waals surface area contributed by atoms with E-state index < -0.39 is 23.5 Å². The van der Waals surface area contributed by atoms with Crippen LogP contribution in [0.4, 0.5) is 4.79 Å². The molecule has 1 aromatic rings. The minimum absolute atomic E-state index is 0.0642. The fraction of sp³-hybridized carbons (Fsp3) is 0.529. The highest BCUT2D eigenvalue weighted by Gasteiger charge is 2.29. The van der Waals surface area contributed by atoms with Gasteiger partial charge in [-0.15, -0.1) is 0 Å². The normalized spacial score (nSPS) is 12.5. The minimum atomic E-state index is -1.18. The molecule has 134 valence electrons. The molecule has 0 bridgehead atoms. The zero-order valence-corrected chi connectivity index (χ0v) is 14.3. The maximum Gasteiger partial charge on any atom is 0.410 e. The molecule has 1 unspecified atom stereocenters. The Balaban J connectivity index is 2.54. The molecule has 7 heteroatoms. The average Bonchev–Trinajstić information content (AvgIpc) is 2.56. The highest BCUT2D eigenvalue weighted by atomic mass is 16.6. The number of carboxylic acids is 1. The largest absolute Gasteiger partial charge is 0.480 e. The number of hydrogen-bond acceptors (Lipinski definition) is 5. The Morgan fingerprint density at radius 1 is 1.25 bits per heavy atom. The fourth-order valence-corrected chi connectivity index (χ4v) is 1.79. The molecule has 0 fully saturated rings. The van der Waals surface area contributed by atoms with E-state index in [0.29, 0.717) is 0 Å². The molecule has 0 heterocycles. The Hall–Kier alpha value is -2.12. The Morgan fingerprint density at radius 3 is 2.42 bits per heavy atom. The lowest BCUT2D eigenvalue weighted by Gasteiger charge is -2.26. The maximum atomic E-state index is 12.0. The smallest absolute Gasteiger partial charge is 0.410 e. The van der Waals surface area contributed by atoms with Crippen molar-refractivity contribution >= 4 is 12.1 Å². The van der Waals surface area contributed by atoms with Crippen LogP contribution < -0.4 is 0 Å². The second kappa shape index (κ2) is 9.24. The van der Waals surface area contributed by atoms with E-state index in [2.05, 4.69) is 0 Å². The molecular weight excluding hydrogens is 314 g/mol. The van der Waals surface area contributed by atoms with Gasteiger partial charge in [-0.2, -0.15) is 0 Å². The summed E-state index contributed by atoms with van der Waals surface area (Å²) in [6.45, 7) is 3.56. The summed E-state index contributed by atoms with van der Waals surface area (Å²) in [6, 6.07) is 7.95. The Morgan fingerprint density at radius 2 is 1.88 bits per heavy atom. The molecule has 1 rings (SSSR count). The number of benzene rings is 1. The standard InChI is InChI=1S/C17H25NO6/c1-17(2,11-19)12-23-10-14(15(20)21)18(3)16(22)24-9-13-7-5-4-6-8-13/h4-8,14,19H,9-12H2,1-3H3,(H,20,21). The van der Waals surface area contributed by atoms with Gasteiger partial charge in [0.15, 0.2) is 6.04 Å². The van der Waals surface area contributed by atoms with E-state index in [1.165, 1.54) is 7.05 Å². The number of ether oxygens (including phenoxy) is 2. The van der Waals surface area contributed by atoms with Gasteiger partial charge in [-0.05, 0) is 5.56 Å². The molecule has 1 atom stereocenters. The van der Waals surface area contributed by atoms with Crippen molar-refractivity contribution in [3.05, 3.63) is 35.9 Å². The molecule has 0 aliphatic rings. The second-order valence-corrected chi connectivity index (χ2v) is 6.34. The second-order valence-electron chi connectivity index (χ2n) is 6.34. The molecule has 0 aromatic heterocycles. The number of aliphatic hydroxyl groups is 1. The van der Waals surface area contributed by atoms with Gasteiger partial charge >= 0.3 is 12.1 Å². The van der Waals surface area contributed by atoms with E-state index in [4.69, 9.17) is 14.6 Å². The molecule has 0 spiro atoms. The predicted molar refractivity (Wildman–Crippen MR) is 87.5 cm³/mol. The van der Waals surface area contributed by atoms with Crippen LogP contribution in [0.15, 0.2) is 30.3 Å². The average molecular weight is 339 g/mol. The van der Waals surface area contributed by atoms with E-state index in [1.807, 2.05) is 30.3 Å². The molecular formula is C17H25NO6. The first-order valence-electron chi connectivity index (χ1n) is 7.62. The predicted octanol–water partition coefficient (Wildman–Crippen LogP) is 1.74. The van der Waals surface area contributed by atoms with Gasteiger partial charge in [0.2, 0.25) is 0 Å². The first-order valence-corrected chi connectivity index (χ1v) is 7.62. The third kappa shape index (κ3) is 6.55. The molecule has 2 N–H and O–H groups in total. The van der Waals surface area contributed by atoms with Crippen LogP contribution in [0.3, 0.4) is 0 Å². The molecule has 1 aromatic carbocycles.